The molecular formula is C20H19F2N5O3S. The van der Waals surface area contributed by atoms with Crippen LogP contribution in [0.2, 0.25) is 0 Å². The Morgan fingerprint density at radius 2 is 2.10 bits per heavy atom. The number of pyridine rings is 1. The SMILES string of the molecule is C=S1(=O)C2CC(=O)CC2(c2cc(NC(=O)c3ccc(F)cn3)ccc2F)N=C(N)N1C. The molecule has 3 atom stereocenters. The number of nitrogens with zero attached hydrogens (tertiary/aromatic N) is 3. The molecule has 0 spiro atoms. The van der Waals surface area contributed by atoms with Crippen LogP contribution in [0.1, 0.15) is 28.9 Å². The molecule has 8 nitrogen and oxygen atoms in total. The van der Waals surface area contributed by atoms with Crippen molar-refractivity contribution < 1.29 is 22.6 Å². The average molecular weight is 447 g/mol. The Morgan fingerprint density at radius 3 is 2.77 bits per heavy atom. The molecule has 1 aromatic carbocycles. The van der Waals surface area contributed by atoms with Crippen molar-refractivity contribution >= 4 is 38.9 Å². The third-order valence-corrected chi connectivity index (χ3v) is 8.17. The van der Waals surface area contributed by atoms with Gasteiger partial charge < -0.3 is 11.1 Å². The van der Waals surface area contributed by atoms with Crippen LogP contribution in [0.15, 0.2) is 41.5 Å². The first-order valence-corrected chi connectivity index (χ1v) is 11.0. The zero-order chi connectivity index (χ0) is 22.6. The Labute approximate surface area is 177 Å². The third-order valence-electron chi connectivity index (χ3n) is 5.61. The molecular weight excluding hydrogens is 428 g/mol. The molecule has 0 radical (unpaired) electrons. The van der Waals surface area contributed by atoms with Crippen LogP contribution in [0.25, 0.3) is 0 Å². The normalized spacial score (nSPS) is 27.6. The van der Waals surface area contributed by atoms with Crippen molar-refractivity contribution in [3.8, 4) is 0 Å². The fraction of sp³-hybridized carbons (Fsp3) is 0.250. The van der Waals surface area contributed by atoms with Gasteiger partial charge in [-0.1, -0.05) is 0 Å². The number of hydrogen-bond acceptors (Lipinski definition) is 6. The topological polar surface area (TPSA) is 118 Å². The second-order valence-electron chi connectivity index (χ2n) is 7.50. The highest BCUT2D eigenvalue weighted by molar-refractivity contribution is 7.99. The average Bonchev–Trinajstić information content (AvgIpc) is 3.06. The van der Waals surface area contributed by atoms with Crippen LogP contribution in [0.3, 0.4) is 0 Å². The molecule has 11 heteroatoms. The summed E-state index contributed by atoms with van der Waals surface area (Å²) in [7, 11) is -1.61. The number of nitrogens with two attached hydrogens (primary N) is 1. The van der Waals surface area contributed by atoms with Crippen molar-refractivity contribution in [2.45, 2.75) is 23.6 Å². The molecule has 3 N–H and O–H groups in total. The number of aromatic nitrogens is 1. The molecule has 1 amide bonds. The van der Waals surface area contributed by atoms with E-state index in [1.54, 1.807) is 0 Å². The van der Waals surface area contributed by atoms with Gasteiger partial charge in [0, 0.05) is 31.1 Å². The van der Waals surface area contributed by atoms with Crippen molar-refractivity contribution in [3.05, 3.63) is 59.4 Å². The van der Waals surface area contributed by atoms with Crippen molar-refractivity contribution in [2.24, 2.45) is 10.7 Å². The van der Waals surface area contributed by atoms with E-state index in [1.807, 2.05) is 0 Å². The monoisotopic (exact) mass is 447 g/mol. The summed E-state index contributed by atoms with van der Waals surface area (Å²) in [6.07, 6.45) is 0.630. The number of halogens is 2. The van der Waals surface area contributed by atoms with E-state index >= 15 is 0 Å². The molecule has 3 unspecified atom stereocenters. The minimum atomic E-state index is -3.07. The molecule has 0 saturated heterocycles. The summed E-state index contributed by atoms with van der Waals surface area (Å²) in [5, 5.41) is 1.68. The molecule has 4 rings (SSSR count). The molecule has 2 heterocycles. The fourth-order valence-electron chi connectivity index (χ4n) is 4.00. The van der Waals surface area contributed by atoms with Gasteiger partial charge in [0.2, 0.25) is 5.96 Å². The van der Waals surface area contributed by atoms with Gasteiger partial charge in [-0.05, 0) is 36.2 Å². The molecule has 1 saturated carbocycles. The van der Waals surface area contributed by atoms with Gasteiger partial charge in [-0.25, -0.2) is 23.0 Å². The van der Waals surface area contributed by atoms with Gasteiger partial charge in [-0.3, -0.25) is 13.9 Å². The number of Topliss-reactive ketones (excluding diaryl/α,β-unsaturated/α-hetero) is 1. The van der Waals surface area contributed by atoms with Crippen molar-refractivity contribution in [3.63, 3.8) is 0 Å². The molecule has 0 bridgehead atoms. The van der Waals surface area contributed by atoms with Gasteiger partial charge >= 0.3 is 0 Å². The molecule has 1 aliphatic carbocycles. The standard InChI is InChI=1S/C20H19F2N5O3S/c1-27-19(23)26-20(9-13(28)8-17(20)31(27,2)30)14-7-12(4-5-15(14)22)25-18(29)16-6-3-11(21)10-24-16/h3-7,10,17H,2,8-9H2,1H3,(H2,23,26)(H,25,29). The van der Waals surface area contributed by atoms with E-state index in [9.17, 15) is 22.6 Å². The van der Waals surface area contributed by atoms with Gasteiger partial charge in [0.05, 0.1) is 21.2 Å². The number of anilines is 1. The number of guanidine groups is 1. The summed E-state index contributed by atoms with van der Waals surface area (Å²) in [6.45, 7) is 0. The lowest BCUT2D eigenvalue weighted by Gasteiger charge is -2.42. The van der Waals surface area contributed by atoms with E-state index in [0.717, 1.165) is 18.3 Å². The van der Waals surface area contributed by atoms with Crippen LogP contribution in [-0.4, -0.2) is 49.3 Å². The van der Waals surface area contributed by atoms with Crippen LogP contribution >= 0.6 is 0 Å². The summed E-state index contributed by atoms with van der Waals surface area (Å²) in [6, 6.07) is 6.07. The highest BCUT2D eigenvalue weighted by Gasteiger charge is 2.57. The van der Waals surface area contributed by atoms with E-state index < -0.39 is 38.0 Å². The zero-order valence-corrected chi connectivity index (χ0v) is 17.3. The fourth-order valence-corrected chi connectivity index (χ4v) is 6.06. The van der Waals surface area contributed by atoms with E-state index in [2.05, 4.69) is 21.2 Å². The van der Waals surface area contributed by atoms with Gasteiger partial charge in [0.1, 0.15) is 28.7 Å². The molecule has 2 aromatic rings. The Bertz CT molecular complexity index is 1230. The number of aliphatic imine (C=N–C) groups is 1. The zero-order valence-electron chi connectivity index (χ0n) is 16.5. The maximum Gasteiger partial charge on any atom is 0.274 e. The number of carbonyl (C=O) groups is 2. The first-order chi connectivity index (χ1) is 14.5. The number of benzene rings is 1. The van der Waals surface area contributed by atoms with E-state index in [1.165, 1.54) is 29.6 Å². The predicted octanol–water partition coefficient (Wildman–Crippen LogP) is 1.43. The second-order valence-corrected chi connectivity index (χ2v) is 10.00. The summed E-state index contributed by atoms with van der Waals surface area (Å²) >= 11 is 0. The quantitative estimate of drug-likeness (QED) is 0.691. The van der Waals surface area contributed by atoms with E-state index in [-0.39, 0.29) is 41.5 Å². The number of fused-ring (bicyclic) bond motifs is 1. The summed E-state index contributed by atoms with van der Waals surface area (Å²) in [4.78, 5) is 32.9. The van der Waals surface area contributed by atoms with Crippen LogP contribution in [-0.2, 0) is 20.0 Å². The van der Waals surface area contributed by atoms with Crippen LogP contribution in [0, 0.1) is 11.6 Å². The minimum Gasteiger partial charge on any atom is -0.369 e. The highest BCUT2D eigenvalue weighted by atomic mass is 32.2. The smallest absolute Gasteiger partial charge is 0.274 e. The number of ketones is 1. The Balaban J connectivity index is 1.78. The van der Waals surface area contributed by atoms with Gasteiger partial charge in [0.25, 0.3) is 5.91 Å². The maximum absolute atomic E-state index is 15.0. The minimum absolute atomic E-state index is 0.0133. The van der Waals surface area contributed by atoms with Crippen molar-refractivity contribution in [1.82, 2.24) is 9.29 Å². The molecule has 1 fully saturated rings. The van der Waals surface area contributed by atoms with Crippen LogP contribution in [0.5, 0.6) is 0 Å². The van der Waals surface area contributed by atoms with Crippen LogP contribution in [0.4, 0.5) is 14.5 Å². The predicted molar refractivity (Wildman–Crippen MR) is 113 cm³/mol. The summed E-state index contributed by atoms with van der Waals surface area (Å²) < 4.78 is 42.6. The van der Waals surface area contributed by atoms with Crippen molar-refractivity contribution in [2.75, 3.05) is 12.4 Å². The Hall–Kier alpha value is -3.34. The van der Waals surface area contributed by atoms with E-state index in [4.69, 9.17) is 5.73 Å². The summed E-state index contributed by atoms with van der Waals surface area (Å²) in [5.41, 5.74) is 4.60. The second kappa shape index (κ2) is 7.12. The molecule has 31 heavy (non-hydrogen) atoms. The Kier molecular flexibility index (Phi) is 4.80. The first-order valence-electron chi connectivity index (χ1n) is 9.24. The molecule has 1 aromatic heterocycles. The number of carbonyl (C=O) groups excluding carboxylic acids is 2. The molecule has 162 valence electrons. The molecule has 2 aliphatic rings. The molecule has 1 aliphatic heterocycles. The number of hydrogen-bond donors (Lipinski definition) is 2. The third kappa shape index (κ3) is 3.34. The first kappa shape index (κ1) is 20.9. The lowest BCUT2D eigenvalue weighted by Crippen LogP contribution is -2.55. The maximum atomic E-state index is 15.0. The number of amides is 1. The van der Waals surface area contributed by atoms with Crippen molar-refractivity contribution in [1.29, 1.82) is 0 Å². The summed E-state index contributed by atoms with van der Waals surface area (Å²) in [5.74, 6) is 1.50. The lowest BCUT2D eigenvalue weighted by atomic mass is 9.87. The van der Waals surface area contributed by atoms with E-state index in [0.29, 0.717) is 0 Å². The highest BCUT2D eigenvalue weighted by Crippen LogP contribution is 2.48. The van der Waals surface area contributed by atoms with Crippen LogP contribution < -0.4 is 11.1 Å². The number of nitrogens with one attached hydrogen (secondary N) is 1. The van der Waals surface area contributed by atoms with Gasteiger partial charge in [0.15, 0.2) is 0 Å². The Morgan fingerprint density at radius 1 is 1.35 bits per heavy atom. The van der Waals surface area contributed by atoms with Gasteiger partial charge in [-0.2, -0.15) is 0 Å². The van der Waals surface area contributed by atoms with Gasteiger partial charge in [-0.15, -0.1) is 0 Å². The largest absolute Gasteiger partial charge is 0.369 e. The lowest BCUT2D eigenvalue weighted by molar-refractivity contribution is -0.117. The number of rotatable bonds is 3.